The van der Waals surface area contributed by atoms with Crippen LogP contribution in [0.15, 0.2) is 24.5 Å². The third kappa shape index (κ3) is 1.46. The Bertz CT molecular complexity index is 473. The number of carboxylic acid groups (broad SMARTS) is 1. The van der Waals surface area contributed by atoms with Gasteiger partial charge in [0.1, 0.15) is 0 Å². The fourth-order valence-corrected chi connectivity index (χ4v) is 3.26. The second-order valence-electron chi connectivity index (χ2n) is 5.57. The van der Waals surface area contributed by atoms with Crippen molar-refractivity contribution in [3.63, 3.8) is 0 Å². The number of carbonyl (C=O) groups excluding carboxylic acids is 1. The first-order chi connectivity index (χ1) is 8.56. The second kappa shape index (κ2) is 3.60. The fourth-order valence-electron chi connectivity index (χ4n) is 3.26. The van der Waals surface area contributed by atoms with Crippen LogP contribution in [0.4, 0.5) is 0 Å². The molecule has 3 fully saturated rings. The van der Waals surface area contributed by atoms with Crippen LogP contribution >= 0.6 is 0 Å². The highest BCUT2D eigenvalue weighted by atomic mass is 16.4. The van der Waals surface area contributed by atoms with Crippen LogP contribution in [-0.2, 0) is 16.1 Å². The third-order valence-electron chi connectivity index (χ3n) is 4.29. The predicted octanol–water partition coefficient (Wildman–Crippen LogP) is 0.859. The molecule has 2 bridgehead atoms. The van der Waals surface area contributed by atoms with Gasteiger partial charge in [-0.2, -0.15) is 0 Å². The molecule has 18 heavy (non-hydrogen) atoms. The molecule has 1 aromatic rings. The number of rotatable bonds is 5. The second-order valence-corrected chi connectivity index (χ2v) is 5.57. The molecule has 5 heteroatoms. The summed E-state index contributed by atoms with van der Waals surface area (Å²) in [5.74, 6) is -0.720. The predicted molar refractivity (Wildman–Crippen MR) is 63.8 cm³/mol. The van der Waals surface area contributed by atoms with Crippen molar-refractivity contribution in [3.8, 4) is 0 Å². The van der Waals surface area contributed by atoms with Crippen LogP contribution in [0.2, 0.25) is 0 Å². The molecule has 1 heterocycles. The standard InChI is InChI=1S/C13H16N2O3/c16-10(14-3-6-15-4-1-2-5-15)12-7-13(8-12,9-12)11(17)18/h1-2,4-5H,3,6-9H2,(H,14,16)(H,17,18). The molecule has 96 valence electrons. The van der Waals surface area contributed by atoms with Crippen LogP contribution in [0.1, 0.15) is 19.3 Å². The van der Waals surface area contributed by atoms with Crippen molar-refractivity contribution in [2.45, 2.75) is 25.8 Å². The Morgan fingerprint density at radius 2 is 1.78 bits per heavy atom. The van der Waals surface area contributed by atoms with Crippen molar-refractivity contribution in [2.24, 2.45) is 10.8 Å². The van der Waals surface area contributed by atoms with Gasteiger partial charge in [0.2, 0.25) is 5.91 Å². The van der Waals surface area contributed by atoms with Crippen molar-refractivity contribution in [2.75, 3.05) is 6.54 Å². The van der Waals surface area contributed by atoms with Gasteiger partial charge in [0, 0.05) is 25.5 Å². The van der Waals surface area contributed by atoms with E-state index in [0.29, 0.717) is 25.8 Å². The lowest BCUT2D eigenvalue weighted by Crippen LogP contribution is -2.70. The Balaban J connectivity index is 1.46. The average molecular weight is 248 g/mol. The molecule has 0 aliphatic heterocycles. The van der Waals surface area contributed by atoms with Crippen LogP contribution in [0.3, 0.4) is 0 Å². The van der Waals surface area contributed by atoms with Gasteiger partial charge in [-0.3, -0.25) is 9.59 Å². The lowest BCUT2D eigenvalue weighted by Gasteiger charge is -2.66. The summed E-state index contributed by atoms with van der Waals surface area (Å²) in [6.07, 6.45) is 5.46. The monoisotopic (exact) mass is 248 g/mol. The van der Waals surface area contributed by atoms with E-state index in [0.717, 1.165) is 6.54 Å². The van der Waals surface area contributed by atoms with Gasteiger partial charge in [0.05, 0.1) is 10.8 Å². The lowest BCUT2D eigenvalue weighted by atomic mass is 9.35. The van der Waals surface area contributed by atoms with E-state index < -0.39 is 11.4 Å². The summed E-state index contributed by atoms with van der Waals surface area (Å²) >= 11 is 0. The summed E-state index contributed by atoms with van der Waals surface area (Å²) in [4.78, 5) is 22.9. The Hall–Kier alpha value is -1.78. The minimum absolute atomic E-state index is 0.0257. The van der Waals surface area contributed by atoms with Crippen molar-refractivity contribution < 1.29 is 14.7 Å². The molecule has 0 saturated heterocycles. The zero-order chi connectivity index (χ0) is 12.8. The molecule has 0 aromatic carbocycles. The van der Waals surface area contributed by atoms with E-state index in [2.05, 4.69) is 5.32 Å². The molecule has 3 aliphatic carbocycles. The first-order valence-electron chi connectivity index (χ1n) is 6.19. The molecule has 1 aromatic heterocycles. The van der Waals surface area contributed by atoms with Crippen LogP contribution in [0, 0.1) is 10.8 Å². The van der Waals surface area contributed by atoms with Crippen molar-refractivity contribution in [1.29, 1.82) is 0 Å². The third-order valence-corrected chi connectivity index (χ3v) is 4.29. The zero-order valence-corrected chi connectivity index (χ0v) is 10.1. The maximum atomic E-state index is 12.0. The topological polar surface area (TPSA) is 71.3 Å². The van der Waals surface area contributed by atoms with Crippen molar-refractivity contribution in [1.82, 2.24) is 9.88 Å². The summed E-state index contributed by atoms with van der Waals surface area (Å²) in [5.41, 5.74) is -0.938. The van der Waals surface area contributed by atoms with E-state index in [4.69, 9.17) is 5.11 Å². The number of carbonyl (C=O) groups is 2. The molecular formula is C13H16N2O3. The first kappa shape index (κ1) is 11.3. The maximum absolute atomic E-state index is 12.0. The van der Waals surface area contributed by atoms with Crippen LogP contribution < -0.4 is 5.32 Å². The number of aromatic nitrogens is 1. The van der Waals surface area contributed by atoms with E-state index in [9.17, 15) is 9.59 Å². The van der Waals surface area contributed by atoms with Crippen molar-refractivity contribution >= 4 is 11.9 Å². The summed E-state index contributed by atoms with van der Waals surface area (Å²) < 4.78 is 2.00. The number of hydrogen-bond donors (Lipinski definition) is 2. The molecule has 0 radical (unpaired) electrons. The molecule has 0 spiro atoms. The van der Waals surface area contributed by atoms with Gasteiger partial charge < -0.3 is 15.0 Å². The van der Waals surface area contributed by atoms with Crippen LogP contribution in [-0.4, -0.2) is 28.1 Å². The van der Waals surface area contributed by atoms with Crippen LogP contribution in [0.5, 0.6) is 0 Å². The minimum atomic E-state index is -0.746. The molecule has 3 saturated carbocycles. The van der Waals surface area contributed by atoms with Gasteiger partial charge in [-0.25, -0.2) is 0 Å². The Morgan fingerprint density at radius 1 is 1.17 bits per heavy atom. The quantitative estimate of drug-likeness (QED) is 0.811. The lowest BCUT2D eigenvalue weighted by molar-refractivity contribution is -0.220. The van der Waals surface area contributed by atoms with Gasteiger partial charge >= 0.3 is 5.97 Å². The summed E-state index contributed by atoms with van der Waals surface area (Å²) in [6, 6.07) is 3.89. The number of aliphatic carboxylic acids is 1. The maximum Gasteiger partial charge on any atom is 0.309 e. The molecule has 4 rings (SSSR count). The fraction of sp³-hybridized carbons (Fsp3) is 0.538. The van der Waals surface area contributed by atoms with E-state index >= 15 is 0 Å². The molecule has 5 nitrogen and oxygen atoms in total. The highest BCUT2D eigenvalue weighted by molar-refractivity contribution is 5.93. The van der Waals surface area contributed by atoms with E-state index in [1.54, 1.807) is 0 Å². The Kier molecular flexibility index (Phi) is 2.27. The highest BCUT2D eigenvalue weighted by Crippen LogP contribution is 2.73. The SMILES string of the molecule is O=C(O)C12CC(C(=O)NCCn3cccc3)(C1)C2. The number of nitrogens with zero attached hydrogens (tertiary/aromatic N) is 1. The van der Waals surface area contributed by atoms with Gasteiger partial charge in [0.25, 0.3) is 0 Å². The minimum Gasteiger partial charge on any atom is -0.481 e. The van der Waals surface area contributed by atoms with Gasteiger partial charge in [-0.1, -0.05) is 0 Å². The number of carboxylic acids is 1. The van der Waals surface area contributed by atoms with E-state index in [1.807, 2.05) is 29.1 Å². The smallest absolute Gasteiger partial charge is 0.309 e. The molecule has 1 amide bonds. The number of nitrogens with one attached hydrogen (secondary N) is 1. The molecule has 3 aliphatic rings. The first-order valence-corrected chi connectivity index (χ1v) is 6.19. The Morgan fingerprint density at radius 3 is 2.33 bits per heavy atom. The van der Waals surface area contributed by atoms with Crippen LogP contribution in [0.25, 0.3) is 0 Å². The van der Waals surface area contributed by atoms with Gasteiger partial charge in [0.15, 0.2) is 0 Å². The zero-order valence-electron chi connectivity index (χ0n) is 10.1. The van der Waals surface area contributed by atoms with Crippen molar-refractivity contribution in [3.05, 3.63) is 24.5 Å². The number of hydrogen-bond acceptors (Lipinski definition) is 2. The van der Waals surface area contributed by atoms with E-state index in [1.165, 1.54) is 0 Å². The molecular weight excluding hydrogens is 232 g/mol. The summed E-state index contributed by atoms with van der Waals surface area (Å²) in [7, 11) is 0. The summed E-state index contributed by atoms with van der Waals surface area (Å²) in [6.45, 7) is 1.34. The Labute approximate surface area is 105 Å². The summed E-state index contributed by atoms with van der Waals surface area (Å²) in [5, 5.41) is 11.9. The highest BCUT2D eigenvalue weighted by Gasteiger charge is 2.75. The average Bonchev–Trinajstić information content (AvgIpc) is 2.65. The largest absolute Gasteiger partial charge is 0.481 e. The normalized spacial score (nSPS) is 32.2. The molecule has 2 N–H and O–H groups in total. The molecule has 0 unspecified atom stereocenters. The van der Waals surface area contributed by atoms with Gasteiger partial charge in [-0.05, 0) is 31.4 Å². The number of amides is 1. The molecule has 0 atom stereocenters. The van der Waals surface area contributed by atoms with Gasteiger partial charge in [-0.15, -0.1) is 0 Å². The van der Waals surface area contributed by atoms with E-state index in [-0.39, 0.29) is 11.3 Å².